The number of amides is 1. The molecule has 0 radical (unpaired) electrons. The predicted molar refractivity (Wildman–Crippen MR) is 91.1 cm³/mol. The van der Waals surface area contributed by atoms with Crippen LogP contribution in [-0.2, 0) is 27.7 Å². The standard InChI is InChI=1S/C18H24N2O3S/c21-18(15-5-6-15)19-9-11-20(12-10-19)24(22,23)17-8-7-14-3-1-2-4-16(14)13-17/h7-8,13,15H,1-6,9-12H2. The van der Waals surface area contributed by atoms with Crippen LogP contribution in [0.5, 0.6) is 0 Å². The number of benzene rings is 1. The zero-order chi connectivity index (χ0) is 16.7. The van der Waals surface area contributed by atoms with Crippen LogP contribution in [0, 0.1) is 5.92 Å². The molecule has 1 aromatic carbocycles. The number of hydrogen-bond donors (Lipinski definition) is 0. The van der Waals surface area contributed by atoms with Crippen molar-refractivity contribution in [3.8, 4) is 0 Å². The number of nitrogens with zero attached hydrogens (tertiary/aromatic N) is 2. The van der Waals surface area contributed by atoms with Gasteiger partial charge in [-0.3, -0.25) is 4.79 Å². The number of aryl methyl sites for hydroxylation is 2. The molecule has 1 saturated heterocycles. The van der Waals surface area contributed by atoms with Gasteiger partial charge < -0.3 is 4.90 Å². The molecule has 2 aliphatic carbocycles. The molecule has 0 bridgehead atoms. The average Bonchev–Trinajstić information content (AvgIpc) is 3.46. The number of rotatable bonds is 3. The highest BCUT2D eigenvalue weighted by atomic mass is 32.2. The second-order valence-corrected chi connectivity index (χ2v) is 9.08. The first-order valence-electron chi connectivity index (χ1n) is 8.96. The summed E-state index contributed by atoms with van der Waals surface area (Å²) in [6.07, 6.45) is 6.34. The Morgan fingerprint density at radius 2 is 1.62 bits per heavy atom. The van der Waals surface area contributed by atoms with Crippen LogP contribution in [0.25, 0.3) is 0 Å². The third-order valence-electron chi connectivity index (χ3n) is 5.43. The fraction of sp³-hybridized carbons (Fsp3) is 0.611. The van der Waals surface area contributed by atoms with E-state index in [9.17, 15) is 13.2 Å². The first kappa shape index (κ1) is 16.1. The second kappa shape index (κ2) is 6.15. The number of carbonyl (C=O) groups excluding carboxylic acids is 1. The first-order valence-corrected chi connectivity index (χ1v) is 10.4. The van der Waals surface area contributed by atoms with E-state index in [4.69, 9.17) is 0 Å². The quantitative estimate of drug-likeness (QED) is 0.837. The fourth-order valence-electron chi connectivity index (χ4n) is 3.76. The van der Waals surface area contributed by atoms with Crippen LogP contribution in [0.3, 0.4) is 0 Å². The minimum absolute atomic E-state index is 0.203. The number of hydrogen-bond acceptors (Lipinski definition) is 3. The Bertz CT molecular complexity index is 748. The van der Waals surface area contributed by atoms with Gasteiger partial charge in [-0.1, -0.05) is 6.07 Å². The van der Waals surface area contributed by atoms with Gasteiger partial charge in [0.25, 0.3) is 0 Å². The highest BCUT2D eigenvalue weighted by Gasteiger charge is 2.36. The monoisotopic (exact) mass is 348 g/mol. The Kier molecular flexibility index (Phi) is 4.12. The molecule has 0 atom stereocenters. The lowest BCUT2D eigenvalue weighted by Crippen LogP contribution is -2.50. The minimum atomic E-state index is -3.45. The summed E-state index contributed by atoms with van der Waals surface area (Å²) >= 11 is 0. The molecule has 3 aliphatic rings. The van der Waals surface area contributed by atoms with Crippen LogP contribution in [0.4, 0.5) is 0 Å². The zero-order valence-corrected chi connectivity index (χ0v) is 14.7. The van der Waals surface area contributed by atoms with Crippen LogP contribution in [0.2, 0.25) is 0 Å². The van der Waals surface area contributed by atoms with E-state index in [0.717, 1.165) is 32.1 Å². The van der Waals surface area contributed by atoms with Crippen LogP contribution in [0.15, 0.2) is 23.1 Å². The minimum Gasteiger partial charge on any atom is -0.340 e. The fourth-order valence-corrected chi connectivity index (χ4v) is 5.23. The van der Waals surface area contributed by atoms with Crippen molar-refractivity contribution < 1.29 is 13.2 Å². The maximum absolute atomic E-state index is 12.9. The maximum Gasteiger partial charge on any atom is 0.243 e. The van der Waals surface area contributed by atoms with Crippen molar-refractivity contribution >= 4 is 15.9 Å². The van der Waals surface area contributed by atoms with Gasteiger partial charge in [0, 0.05) is 32.1 Å². The molecule has 2 fully saturated rings. The Hall–Kier alpha value is -1.40. The highest BCUT2D eigenvalue weighted by molar-refractivity contribution is 7.89. The molecule has 0 N–H and O–H groups in total. The molecule has 4 rings (SSSR count). The molecule has 1 aromatic rings. The van der Waals surface area contributed by atoms with E-state index in [2.05, 4.69) is 0 Å². The zero-order valence-electron chi connectivity index (χ0n) is 13.9. The molecule has 24 heavy (non-hydrogen) atoms. The van der Waals surface area contributed by atoms with E-state index in [1.54, 1.807) is 6.07 Å². The summed E-state index contributed by atoms with van der Waals surface area (Å²) in [5, 5.41) is 0. The summed E-state index contributed by atoms with van der Waals surface area (Å²) in [6, 6.07) is 5.60. The van der Waals surface area contributed by atoms with Gasteiger partial charge in [0.1, 0.15) is 0 Å². The Morgan fingerprint density at radius 3 is 2.29 bits per heavy atom. The maximum atomic E-state index is 12.9. The van der Waals surface area contributed by atoms with Gasteiger partial charge >= 0.3 is 0 Å². The van der Waals surface area contributed by atoms with Crippen LogP contribution in [0.1, 0.15) is 36.8 Å². The smallest absolute Gasteiger partial charge is 0.243 e. The molecule has 1 aliphatic heterocycles. The Morgan fingerprint density at radius 1 is 0.958 bits per heavy atom. The molecule has 0 spiro atoms. The van der Waals surface area contributed by atoms with Gasteiger partial charge in [-0.25, -0.2) is 8.42 Å². The van der Waals surface area contributed by atoms with E-state index in [1.807, 2.05) is 17.0 Å². The third-order valence-corrected chi connectivity index (χ3v) is 7.33. The normalized spacial score (nSPS) is 22.2. The molecular formula is C18H24N2O3S. The van der Waals surface area contributed by atoms with Crippen molar-refractivity contribution in [1.82, 2.24) is 9.21 Å². The summed E-state index contributed by atoms with van der Waals surface area (Å²) in [4.78, 5) is 14.3. The summed E-state index contributed by atoms with van der Waals surface area (Å²) in [7, 11) is -3.45. The molecule has 6 heteroatoms. The van der Waals surface area contributed by atoms with Crippen molar-refractivity contribution in [3.05, 3.63) is 29.3 Å². The molecule has 0 aromatic heterocycles. The van der Waals surface area contributed by atoms with Crippen molar-refractivity contribution in [2.45, 2.75) is 43.4 Å². The van der Waals surface area contributed by atoms with Crippen LogP contribution < -0.4 is 0 Å². The van der Waals surface area contributed by atoms with Gasteiger partial charge in [0.2, 0.25) is 15.9 Å². The topological polar surface area (TPSA) is 57.7 Å². The predicted octanol–water partition coefficient (Wildman–Crippen LogP) is 1.81. The summed E-state index contributed by atoms with van der Waals surface area (Å²) in [5.74, 6) is 0.412. The number of fused-ring (bicyclic) bond motifs is 1. The lowest BCUT2D eigenvalue weighted by molar-refractivity contribution is -0.133. The molecular weight excluding hydrogens is 324 g/mol. The summed E-state index contributed by atoms with van der Waals surface area (Å²) < 4.78 is 27.4. The molecule has 0 unspecified atom stereocenters. The van der Waals surface area contributed by atoms with Crippen molar-refractivity contribution in [3.63, 3.8) is 0 Å². The van der Waals surface area contributed by atoms with E-state index in [1.165, 1.54) is 21.9 Å². The molecule has 1 amide bonds. The molecule has 1 saturated carbocycles. The Labute approximate surface area is 143 Å². The highest BCUT2D eigenvalue weighted by Crippen LogP contribution is 2.32. The van der Waals surface area contributed by atoms with Crippen LogP contribution >= 0.6 is 0 Å². The summed E-state index contributed by atoms with van der Waals surface area (Å²) in [5.41, 5.74) is 2.48. The molecule has 130 valence electrons. The van der Waals surface area contributed by atoms with Gasteiger partial charge in [0.05, 0.1) is 4.90 Å². The average molecular weight is 348 g/mol. The SMILES string of the molecule is O=C(C1CC1)N1CCN(S(=O)(=O)c2ccc3c(c2)CCCC3)CC1. The largest absolute Gasteiger partial charge is 0.340 e. The van der Waals surface area contributed by atoms with Crippen LogP contribution in [-0.4, -0.2) is 49.7 Å². The summed E-state index contributed by atoms with van der Waals surface area (Å²) in [6.45, 7) is 1.83. The van der Waals surface area contributed by atoms with E-state index >= 15 is 0 Å². The number of sulfonamides is 1. The van der Waals surface area contributed by atoms with Crippen molar-refractivity contribution in [2.24, 2.45) is 5.92 Å². The molecule has 1 heterocycles. The van der Waals surface area contributed by atoms with E-state index in [0.29, 0.717) is 31.1 Å². The second-order valence-electron chi connectivity index (χ2n) is 7.14. The van der Waals surface area contributed by atoms with Gasteiger partial charge in [-0.2, -0.15) is 4.31 Å². The number of piperazine rings is 1. The lowest BCUT2D eigenvalue weighted by Gasteiger charge is -2.34. The van der Waals surface area contributed by atoms with Crippen molar-refractivity contribution in [2.75, 3.05) is 26.2 Å². The Balaban J connectivity index is 1.48. The van der Waals surface area contributed by atoms with Gasteiger partial charge in [-0.05, 0) is 61.8 Å². The first-order chi connectivity index (χ1) is 11.6. The van der Waals surface area contributed by atoms with Crippen molar-refractivity contribution in [1.29, 1.82) is 0 Å². The number of carbonyl (C=O) groups is 1. The van der Waals surface area contributed by atoms with E-state index in [-0.39, 0.29) is 11.8 Å². The van der Waals surface area contributed by atoms with Gasteiger partial charge in [-0.15, -0.1) is 0 Å². The van der Waals surface area contributed by atoms with E-state index < -0.39 is 10.0 Å². The lowest BCUT2D eigenvalue weighted by atomic mass is 9.92. The van der Waals surface area contributed by atoms with Gasteiger partial charge in [0.15, 0.2) is 0 Å². The molecule has 5 nitrogen and oxygen atoms in total. The third kappa shape index (κ3) is 2.97.